The Morgan fingerprint density at radius 3 is 1.89 bits per heavy atom. The molecule has 1 unspecified atom stereocenters. The third-order valence-electron chi connectivity index (χ3n) is 4.93. The molecular weight excluding hydrogens is 354 g/mol. The number of esters is 2. The standard InChI is InChI=1S/C23H27NO4/c25-22(27-17-19-10-4-1-5-11-19)16-21(24-14-8-3-9-15-24)23(26)28-18-20-12-6-2-7-13-20/h1-2,4-7,10-13,21H,3,8-9,14-18H2. The number of rotatable bonds is 8. The molecule has 1 heterocycles. The minimum Gasteiger partial charge on any atom is -0.461 e. The number of carbonyl (C=O) groups excluding carboxylic acids is 2. The van der Waals surface area contributed by atoms with Crippen molar-refractivity contribution in [3.8, 4) is 0 Å². The van der Waals surface area contributed by atoms with Crippen LogP contribution in [0, 0.1) is 0 Å². The van der Waals surface area contributed by atoms with Gasteiger partial charge in [0.15, 0.2) is 0 Å². The fourth-order valence-electron chi connectivity index (χ4n) is 3.37. The molecular formula is C23H27NO4. The van der Waals surface area contributed by atoms with Gasteiger partial charge in [-0.1, -0.05) is 67.1 Å². The van der Waals surface area contributed by atoms with Crippen LogP contribution >= 0.6 is 0 Å². The largest absolute Gasteiger partial charge is 0.461 e. The molecule has 5 nitrogen and oxygen atoms in total. The van der Waals surface area contributed by atoms with E-state index in [4.69, 9.17) is 9.47 Å². The molecule has 0 aromatic heterocycles. The second-order valence-corrected chi connectivity index (χ2v) is 7.06. The highest BCUT2D eigenvalue weighted by atomic mass is 16.5. The summed E-state index contributed by atoms with van der Waals surface area (Å²) in [5.74, 6) is -0.737. The third kappa shape index (κ3) is 6.20. The van der Waals surface area contributed by atoms with E-state index >= 15 is 0 Å². The molecule has 0 radical (unpaired) electrons. The Kier molecular flexibility index (Phi) is 7.62. The minimum absolute atomic E-state index is 0.0143. The lowest BCUT2D eigenvalue weighted by atomic mass is 10.1. The quantitative estimate of drug-likeness (QED) is 0.653. The lowest BCUT2D eigenvalue weighted by Gasteiger charge is -2.32. The van der Waals surface area contributed by atoms with Gasteiger partial charge in [-0.2, -0.15) is 0 Å². The van der Waals surface area contributed by atoms with Gasteiger partial charge >= 0.3 is 11.9 Å². The molecule has 1 aliphatic rings. The van der Waals surface area contributed by atoms with Crippen molar-refractivity contribution >= 4 is 11.9 Å². The average Bonchev–Trinajstić information content (AvgIpc) is 2.76. The van der Waals surface area contributed by atoms with E-state index in [0.717, 1.165) is 43.5 Å². The predicted molar refractivity (Wildman–Crippen MR) is 106 cm³/mol. The van der Waals surface area contributed by atoms with E-state index in [1.165, 1.54) is 0 Å². The van der Waals surface area contributed by atoms with E-state index in [2.05, 4.69) is 4.90 Å². The maximum Gasteiger partial charge on any atom is 0.324 e. The Balaban J connectivity index is 1.57. The van der Waals surface area contributed by atoms with E-state index in [1.807, 2.05) is 60.7 Å². The number of carbonyl (C=O) groups is 2. The smallest absolute Gasteiger partial charge is 0.324 e. The number of nitrogens with zero attached hydrogens (tertiary/aromatic N) is 1. The zero-order chi connectivity index (χ0) is 19.6. The molecule has 0 N–H and O–H groups in total. The molecule has 2 aromatic carbocycles. The molecule has 1 aliphatic heterocycles. The first-order valence-electron chi connectivity index (χ1n) is 9.86. The van der Waals surface area contributed by atoms with Gasteiger partial charge in [0.1, 0.15) is 19.3 Å². The number of ether oxygens (including phenoxy) is 2. The van der Waals surface area contributed by atoms with Crippen LogP contribution in [0.15, 0.2) is 60.7 Å². The van der Waals surface area contributed by atoms with Gasteiger partial charge in [0.05, 0.1) is 6.42 Å². The Morgan fingerprint density at radius 1 is 0.786 bits per heavy atom. The molecule has 28 heavy (non-hydrogen) atoms. The summed E-state index contributed by atoms with van der Waals surface area (Å²) >= 11 is 0. The summed E-state index contributed by atoms with van der Waals surface area (Å²) in [6.45, 7) is 2.03. The van der Waals surface area contributed by atoms with Crippen LogP contribution in [-0.2, 0) is 32.3 Å². The number of likely N-dealkylation sites (tertiary alicyclic amines) is 1. The minimum atomic E-state index is -0.590. The number of hydrogen-bond donors (Lipinski definition) is 0. The first kappa shape index (κ1) is 20.1. The number of piperidine rings is 1. The molecule has 148 valence electrons. The van der Waals surface area contributed by atoms with Gasteiger partial charge in [-0.25, -0.2) is 0 Å². The Labute approximate surface area is 166 Å². The summed E-state index contributed by atoms with van der Waals surface area (Å²) in [4.78, 5) is 27.2. The lowest BCUT2D eigenvalue weighted by molar-refractivity contribution is -0.158. The van der Waals surface area contributed by atoms with Crippen molar-refractivity contribution in [3.05, 3.63) is 71.8 Å². The SMILES string of the molecule is O=C(CC(C(=O)OCc1ccccc1)N1CCCCC1)OCc1ccccc1. The fraction of sp³-hybridized carbons (Fsp3) is 0.391. The molecule has 1 saturated heterocycles. The van der Waals surface area contributed by atoms with Crippen LogP contribution in [-0.4, -0.2) is 36.0 Å². The molecule has 1 atom stereocenters. The molecule has 3 rings (SSSR count). The van der Waals surface area contributed by atoms with Crippen molar-refractivity contribution in [2.75, 3.05) is 13.1 Å². The summed E-state index contributed by atoms with van der Waals surface area (Å²) in [6.07, 6.45) is 3.23. The van der Waals surface area contributed by atoms with Crippen LogP contribution in [0.4, 0.5) is 0 Å². The van der Waals surface area contributed by atoms with E-state index < -0.39 is 6.04 Å². The summed E-state index contributed by atoms with van der Waals surface area (Å²) in [7, 11) is 0. The van der Waals surface area contributed by atoms with Crippen LogP contribution in [0.3, 0.4) is 0 Å². The van der Waals surface area contributed by atoms with Gasteiger partial charge < -0.3 is 9.47 Å². The number of hydrogen-bond acceptors (Lipinski definition) is 5. The second-order valence-electron chi connectivity index (χ2n) is 7.06. The van der Waals surface area contributed by atoms with Crippen molar-refractivity contribution in [2.45, 2.75) is 44.9 Å². The lowest BCUT2D eigenvalue weighted by Crippen LogP contribution is -2.46. The molecule has 0 spiro atoms. The molecule has 5 heteroatoms. The molecule has 0 saturated carbocycles. The molecule has 2 aromatic rings. The van der Waals surface area contributed by atoms with Crippen LogP contribution in [0.1, 0.15) is 36.8 Å². The first-order chi connectivity index (χ1) is 13.7. The fourth-order valence-corrected chi connectivity index (χ4v) is 3.37. The highest BCUT2D eigenvalue weighted by Gasteiger charge is 2.31. The van der Waals surface area contributed by atoms with E-state index in [1.54, 1.807) is 0 Å². The van der Waals surface area contributed by atoms with Crippen LogP contribution in [0.2, 0.25) is 0 Å². The first-order valence-corrected chi connectivity index (χ1v) is 9.86. The van der Waals surface area contributed by atoms with Crippen molar-refractivity contribution in [1.29, 1.82) is 0 Å². The van der Waals surface area contributed by atoms with Gasteiger partial charge in [0.2, 0.25) is 0 Å². The molecule has 1 fully saturated rings. The van der Waals surface area contributed by atoms with E-state index in [-0.39, 0.29) is 31.6 Å². The predicted octanol–water partition coefficient (Wildman–Crippen LogP) is 3.72. The van der Waals surface area contributed by atoms with Crippen molar-refractivity contribution in [2.24, 2.45) is 0 Å². The highest BCUT2D eigenvalue weighted by molar-refractivity contribution is 5.82. The monoisotopic (exact) mass is 381 g/mol. The summed E-state index contributed by atoms with van der Waals surface area (Å²) < 4.78 is 10.9. The van der Waals surface area contributed by atoms with Gasteiger partial charge in [-0.3, -0.25) is 14.5 Å². The van der Waals surface area contributed by atoms with Gasteiger partial charge in [-0.15, -0.1) is 0 Å². The Hall–Kier alpha value is -2.66. The van der Waals surface area contributed by atoms with Crippen molar-refractivity contribution in [3.63, 3.8) is 0 Å². The zero-order valence-corrected chi connectivity index (χ0v) is 16.1. The number of benzene rings is 2. The Bertz CT molecular complexity index is 742. The van der Waals surface area contributed by atoms with Gasteiger partial charge in [-0.05, 0) is 37.1 Å². The van der Waals surface area contributed by atoms with Gasteiger partial charge in [0.25, 0.3) is 0 Å². The maximum absolute atomic E-state index is 12.8. The van der Waals surface area contributed by atoms with Crippen molar-refractivity contribution in [1.82, 2.24) is 4.90 Å². The van der Waals surface area contributed by atoms with Crippen LogP contribution in [0.25, 0.3) is 0 Å². The third-order valence-corrected chi connectivity index (χ3v) is 4.93. The summed E-state index contributed by atoms with van der Waals surface area (Å²) in [5.41, 5.74) is 1.86. The van der Waals surface area contributed by atoms with Crippen molar-refractivity contribution < 1.29 is 19.1 Å². The van der Waals surface area contributed by atoms with Crippen LogP contribution in [0.5, 0.6) is 0 Å². The Morgan fingerprint density at radius 2 is 1.32 bits per heavy atom. The van der Waals surface area contributed by atoms with Gasteiger partial charge in [0, 0.05) is 0 Å². The molecule has 0 aliphatic carbocycles. The van der Waals surface area contributed by atoms with Crippen LogP contribution < -0.4 is 0 Å². The summed E-state index contributed by atoms with van der Waals surface area (Å²) in [5, 5.41) is 0. The van der Waals surface area contributed by atoms with E-state index in [0.29, 0.717) is 0 Å². The molecule has 0 bridgehead atoms. The topological polar surface area (TPSA) is 55.8 Å². The maximum atomic E-state index is 12.8. The highest BCUT2D eigenvalue weighted by Crippen LogP contribution is 2.17. The van der Waals surface area contributed by atoms with E-state index in [9.17, 15) is 9.59 Å². The average molecular weight is 381 g/mol. The normalized spacial score (nSPS) is 15.6. The molecule has 0 amide bonds. The zero-order valence-electron chi connectivity index (χ0n) is 16.1. The summed E-state index contributed by atoms with van der Waals surface area (Å²) in [6, 6.07) is 18.5. The second kappa shape index (κ2) is 10.6.